The monoisotopic (exact) mass is 379 g/mol. The second-order valence-electron chi connectivity index (χ2n) is 7.56. The Morgan fingerprint density at radius 1 is 1.32 bits per heavy atom. The molecule has 0 bridgehead atoms. The topological polar surface area (TPSA) is 67.1 Å². The number of anilines is 2. The lowest BCUT2D eigenvalue weighted by Crippen LogP contribution is -2.29. The summed E-state index contributed by atoms with van der Waals surface area (Å²) in [6, 6.07) is 0. The van der Waals surface area contributed by atoms with Gasteiger partial charge in [-0.1, -0.05) is 38.5 Å². The number of aryl methyl sites for hydroxylation is 1. The smallest absolute Gasteiger partial charge is 0.221 e. The molecule has 1 atom stereocenters. The number of allylic oxidation sites excluding steroid dienone is 5. The summed E-state index contributed by atoms with van der Waals surface area (Å²) in [5.74, 6) is 1.63. The number of hydrogen-bond acceptors (Lipinski definition) is 5. The summed E-state index contributed by atoms with van der Waals surface area (Å²) in [6.45, 7) is 10.5. The van der Waals surface area contributed by atoms with Crippen LogP contribution in [-0.4, -0.2) is 28.0 Å². The van der Waals surface area contributed by atoms with Gasteiger partial charge in [0, 0.05) is 42.7 Å². The number of aromatic nitrogens is 2. The number of nitrogens with two attached hydrogens (primary N) is 1. The van der Waals surface area contributed by atoms with Crippen LogP contribution in [0.25, 0.3) is 0 Å². The molecule has 0 fully saturated rings. The van der Waals surface area contributed by atoms with Gasteiger partial charge in [-0.25, -0.2) is 4.98 Å². The third-order valence-corrected chi connectivity index (χ3v) is 5.51. The van der Waals surface area contributed by atoms with Crippen LogP contribution in [0.15, 0.2) is 54.0 Å². The van der Waals surface area contributed by atoms with Crippen LogP contribution in [0.3, 0.4) is 0 Å². The van der Waals surface area contributed by atoms with Crippen molar-refractivity contribution in [3.63, 3.8) is 0 Å². The molecular weight excluding hydrogens is 346 g/mol. The first-order valence-electron chi connectivity index (χ1n) is 10.5. The second kappa shape index (κ2) is 9.58. The summed E-state index contributed by atoms with van der Waals surface area (Å²) in [4.78, 5) is 11.0. The molecule has 0 amide bonds. The van der Waals surface area contributed by atoms with E-state index in [4.69, 9.17) is 5.73 Å². The van der Waals surface area contributed by atoms with Gasteiger partial charge in [0.1, 0.15) is 5.82 Å². The van der Waals surface area contributed by atoms with Gasteiger partial charge in [-0.2, -0.15) is 4.98 Å². The molecule has 1 aromatic heterocycles. The molecule has 0 aromatic carbocycles. The van der Waals surface area contributed by atoms with Crippen LogP contribution in [0, 0.1) is 5.92 Å². The Bertz CT molecular complexity index is 790. The minimum atomic E-state index is 0.328. The molecule has 0 spiro atoms. The molecule has 5 nitrogen and oxygen atoms in total. The van der Waals surface area contributed by atoms with Gasteiger partial charge >= 0.3 is 0 Å². The van der Waals surface area contributed by atoms with E-state index in [1.54, 1.807) is 0 Å². The van der Waals surface area contributed by atoms with Crippen LogP contribution in [0.2, 0.25) is 0 Å². The summed E-state index contributed by atoms with van der Waals surface area (Å²) in [5.41, 5.74) is 11.0. The third kappa shape index (κ3) is 4.83. The van der Waals surface area contributed by atoms with Gasteiger partial charge < -0.3 is 16.0 Å². The van der Waals surface area contributed by atoms with Crippen molar-refractivity contribution in [3.05, 3.63) is 59.6 Å². The number of nitrogen functional groups attached to an aromatic ring is 1. The van der Waals surface area contributed by atoms with Crippen molar-refractivity contribution in [2.75, 3.05) is 24.1 Å². The summed E-state index contributed by atoms with van der Waals surface area (Å²) >= 11 is 0. The van der Waals surface area contributed by atoms with Gasteiger partial charge in [0.05, 0.1) is 0 Å². The molecule has 3 rings (SSSR count). The summed E-state index contributed by atoms with van der Waals surface area (Å²) in [7, 11) is 0. The normalized spacial score (nSPS) is 18.6. The molecule has 0 saturated heterocycles. The van der Waals surface area contributed by atoms with Crippen molar-refractivity contribution in [2.45, 2.75) is 52.4 Å². The maximum atomic E-state index is 5.79. The van der Waals surface area contributed by atoms with Crippen molar-refractivity contribution < 1.29 is 0 Å². The second-order valence-corrected chi connectivity index (χ2v) is 7.56. The summed E-state index contributed by atoms with van der Waals surface area (Å²) in [6.07, 6.45) is 17.3. The Labute approximate surface area is 169 Å². The number of rotatable bonds is 9. The van der Waals surface area contributed by atoms with Crippen molar-refractivity contribution in [1.82, 2.24) is 14.9 Å². The summed E-state index contributed by atoms with van der Waals surface area (Å²) in [5, 5.41) is 3.42. The van der Waals surface area contributed by atoms with E-state index >= 15 is 0 Å². The highest BCUT2D eigenvalue weighted by Crippen LogP contribution is 2.36. The van der Waals surface area contributed by atoms with Gasteiger partial charge in [0.25, 0.3) is 0 Å². The zero-order valence-electron chi connectivity index (χ0n) is 17.2. The molecule has 2 aliphatic rings. The molecule has 3 N–H and O–H groups in total. The fourth-order valence-electron chi connectivity index (χ4n) is 3.78. The maximum absolute atomic E-state index is 5.79. The van der Waals surface area contributed by atoms with E-state index in [9.17, 15) is 0 Å². The highest BCUT2D eigenvalue weighted by Gasteiger charge is 2.26. The Morgan fingerprint density at radius 2 is 2.18 bits per heavy atom. The molecule has 1 aromatic rings. The first kappa shape index (κ1) is 20.2. The van der Waals surface area contributed by atoms with E-state index in [1.165, 1.54) is 16.8 Å². The number of unbranched alkanes of at least 4 members (excludes halogenated alkanes) is 1. The lowest BCUT2D eigenvalue weighted by Gasteiger charge is -2.36. The SMILES string of the molecule is C=C1C=CN(CCCc2cnc(N)nc2NCCCC)C2=CC(CC)=CCC12. The highest BCUT2D eigenvalue weighted by molar-refractivity contribution is 5.46. The van der Waals surface area contributed by atoms with E-state index in [0.717, 1.165) is 63.0 Å². The van der Waals surface area contributed by atoms with Crippen LogP contribution in [0.4, 0.5) is 11.8 Å². The van der Waals surface area contributed by atoms with E-state index in [0.29, 0.717) is 11.9 Å². The molecule has 0 radical (unpaired) electrons. The molecule has 1 aliphatic carbocycles. The Morgan fingerprint density at radius 3 is 2.96 bits per heavy atom. The van der Waals surface area contributed by atoms with Gasteiger partial charge in [0.2, 0.25) is 5.95 Å². The zero-order valence-corrected chi connectivity index (χ0v) is 17.2. The van der Waals surface area contributed by atoms with Gasteiger partial charge in [-0.3, -0.25) is 0 Å². The average molecular weight is 380 g/mol. The lowest BCUT2D eigenvalue weighted by molar-refractivity contribution is 0.389. The van der Waals surface area contributed by atoms with Crippen molar-refractivity contribution >= 4 is 11.8 Å². The molecule has 1 unspecified atom stereocenters. The van der Waals surface area contributed by atoms with Crippen molar-refractivity contribution in [3.8, 4) is 0 Å². The predicted molar refractivity (Wildman–Crippen MR) is 118 cm³/mol. The van der Waals surface area contributed by atoms with E-state index in [2.05, 4.69) is 65.0 Å². The molecule has 150 valence electrons. The van der Waals surface area contributed by atoms with Crippen LogP contribution in [-0.2, 0) is 6.42 Å². The number of nitrogens with zero attached hydrogens (tertiary/aromatic N) is 3. The van der Waals surface area contributed by atoms with Crippen molar-refractivity contribution in [1.29, 1.82) is 0 Å². The van der Waals surface area contributed by atoms with Crippen LogP contribution >= 0.6 is 0 Å². The lowest BCUT2D eigenvalue weighted by atomic mass is 9.84. The molecule has 5 heteroatoms. The zero-order chi connectivity index (χ0) is 19.9. The summed E-state index contributed by atoms with van der Waals surface area (Å²) < 4.78 is 0. The van der Waals surface area contributed by atoms with E-state index in [1.807, 2.05) is 6.20 Å². The van der Waals surface area contributed by atoms with E-state index < -0.39 is 0 Å². The minimum absolute atomic E-state index is 0.328. The first-order chi connectivity index (χ1) is 13.6. The molecule has 0 saturated carbocycles. The van der Waals surface area contributed by atoms with Crippen LogP contribution in [0.1, 0.15) is 51.5 Å². The number of nitrogens with one attached hydrogen (secondary N) is 1. The first-order valence-corrected chi connectivity index (χ1v) is 10.5. The largest absolute Gasteiger partial charge is 0.370 e. The minimum Gasteiger partial charge on any atom is -0.370 e. The number of fused-ring (bicyclic) bond motifs is 1. The quantitative estimate of drug-likeness (QED) is 0.602. The molecular formula is C23H33N5. The van der Waals surface area contributed by atoms with Crippen LogP contribution < -0.4 is 11.1 Å². The average Bonchev–Trinajstić information content (AvgIpc) is 2.71. The fourth-order valence-corrected chi connectivity index (χ4v) is 3.78. The standard InChI is InChI=1S/C23H33N5/c1-4-6-12-25-22-19(16-26-23(24)27-22)8-7-13-28-14-11-17(3)20-10-9-18(5-2)15-21(20)28/h9,11,14-16,20H,3-8,10,12-13H2,1-2H3,(H3,24,25,26,27). The predicted octanol–water partition coefficient (Wildman–Crippen LogP) is 4.83. The third-order valence-electron chi connectivity index (χ3n) is 5.51. The molecule has 28 heavy (non-hydrogen) atoms. The van der Waals surface area contributed by atoms with Crippen LogP contribution in [0.5, 0.6) is 0 Å². The Balaban J connectivity index is 1.64. The number of hydrogen-bond donors (Lipinski definition) is 2. The van der Waals surface area contributed by atoms with Gasteiger partial charge in [-0.05, 0) is 49.8 Å². The molecule has 1 aliphatic heterocycles. The van der Waals surface area contributed by atoms with E-state index in [-0.39, 0.29) is 0 Å². The fraction of sp³-hybridized carbons (Fsp3) is 0.478. The molecule has 2 heterocycles. The van der Waals surface area contributed by atoms with Crippen molar-refractivity contribution in [2.24, 2.45) is 5.92 Å². The van der Waals surface area contributed by atoms with Gasteiger partial charge in [-0.15, -0.1) is 0 Å². The highest BCUT2D eigenvalue weighted by atomic mass is 15.1. The Kier molecular flexibility index (Phi) is 6.90. The maximum Gasteiger partial charge on any atom is 0.221 e. The Hall–Kier alpha value is -2.56. The van der Waals surface area contributed by atoms with Gasteiger partial charge in [0.15, 0.2) is 0 Å².